The molecular weight excluding hydrogens is 208 g/mol. The molecule has 3 aliphatic rings. The monoisotopic (exact) mass is 226 g/mol. The zero-order chi connectivity index (χ0) is 11.2. The van der Waals surface area contributed by atoms with Crippen LogP contribution >= 0.6 is 11.8 Å². The van der Waals surface area contributed by atoms with Gasteiger partial charge in [-0.3, -0.25) is 9.59 Å². The van der Waals surface area contributed by atoms with Crippen molar-refractivity contribution >= 4 is 22.7 Å². The number of fused-ring (bicyclic) bond motifs is 2. The first-order chi connectivity index (χ1) is 6.93. The Morgan fingerprint density at radius 1 is 1.53 bits per heavy atom. The lowest BCUT2D eigenvalue weighted by Gasteiger charge is -2.59. The molecule has 3 fully saturated rings. The van der Waals surface area contributed by atoms with Crippen molar-refractivity contribution in [2.45, 2.75) is 33.6 Å². The SMILES string of the molecule is CC(=O)SCC1C(=O)CC2CC1C2(C)C. The van der Waals surface area contributed by atoms with E-state index in [-0.39, 0.29) is 11.0 Å². The summed E-state index contributed by atoms with van der Waals surface area (Å²) in [5.41, 5.74) is 0.329. The fourth-order valence-electron chi connectivity index (χ4n) is 3.12. The first kappa shape index (κ1) is 11.2. The van der Waals surface area contributed by atoms with E-state index in [9.17, 15) is 9.59 Å². The van der Waals surface area contributed by atoms with Crippen LogP contribution in [0.1, 0.15) is 33.6 Å². The Hall–Kier alpha value is -0.310. The molecule has 0 amide bonds. The lowest BCUT2D eigenvalue weighted by Crippen LogP contribution is -2.56. The lowest BCUT2D eigenvalue weighted by molar-refractivity contribution is -0.152. The van der Waals surface area contributed by atoms with Crippen LogP contribution in [0.4, 0.5) is 0 Å². The van der Waals surface area contributed by atoms with E-state index in [2.05, 4.69) is 13.8 Å². The molecule has 2 bridgehead atoms. The highest BCUT2D eigenvalue weighted by atomic mass is 32.2. The maximum atomic E-state index is 11.8. The molecule has 0 aromatic carbocycles. The third kappa shape index (κ3) is 1.75. The van der Waals surface area contributed by atoms with Gasteiger partial charge in [0, 0.05) is 25.0 Å². The standard InChI is InChI=1S/C12H18O2S/c1-7(13)15-6-9-10-4-8(5-11(9)14)12(10,2)3/h8-10H,4-6H2,1-3H3. The van der Waals surface area contributed by atoms with E-state index in [0.29, 0.717) is 28.8 Å². The smallest absolute Gasteiger partial charge is 0.185 e. The number of hydrogen-bond donors (Lipinski definition) is 0. The van der Waals surface area contributed by atoms with Crippen LogP contribution in [-0.4, -0.2) is 16.7 Å². The molecule has 3 aliphatic carbocycles. The van der Waals surface area contributed by atoms with Crippen LogP contribution in [0, 0.1) is 23.2 Å². The summed E-state index contributed by atoms with van der Waals surface area (Å²) in [7, 11) is 0. The Morgan fingerprint density at radius 2 is 2.20 bits per heavy atom. The normalized spacial score (nSPS) is 37.3. The lowest BCUT2D eigenvalue weighted by atomic mass is 9.45. The molecule has 2 nitrogen and oxygen atoms in total. The molecule has 0 aromatic heterocycles. The summed E-state index contributed by atoms with van der Waals surface area (Å²) in [6.45, 7) is 6.11. The van der Waals surface area contributed by atoms with Gasteiger partial charge >= 0.3 is 0 Å². The zero-order valence-electron chi connectivity index (χ0n) is 9.58. The van der Waals surface area contributed by atoms with Crippen molar-refractivity contribution in [3.63, 3.8) is 0 Å². The molecule has 15 heavy (non-hydrogen) atoms. The molecule has 0 saturated heterocycles. The highest BCUT2D eigenvalue weighted by molar-refractivity contribution is 8.13. The molecular formula is C12H18O2S. The van der Waals surface area contributed by atoms with E-state index < -0.39 is 0 Å². The number of Topliss-reactive ketones (excluding diaryl/α,β-unsaturated/α-hetero) is 1. The predicted octanol–water partition coefficient (Wildman–Crippen LogP) is 2.52. The summed E-state index contributed by atoms with van der Waals surface area (Å²) in [5.74, 6) is 2.36. The molecule has 3 atom stereocenters. The minimum Gasteiger partial charge on any atom is -0.299 e. The number of ketones is 1. The molecule has 3 unspecified atom stereocenters. The average Bonchev–Trinajstić information content (AvgIpc) is 2.15. The molecule has 0 aromatic rings. The Balaban J connectivity index is 2.03. The van der Waals surface area contributed by atoms with Crippen molar-refractivity contribution in [3.8, 4) is 0 Å². The number of rotatable bonds is 2. The highest BCUT2D eigenvalue weighted by Crippen LogP contribution is 2.60. The second-order valence-electron chi connectivity index (χ2n) is 5.44. The zero-order valence-corrected chi connectivity index (χ0v) is 10.4. The maximum Gasteiger partial charge on any atom is 0.185 e. The molecule has 3 rings (SSSR count). The van der Waals surface area contributed by atoms with Gasteiger partial charge in [-0.1, -0.05) is 25.6 Å². The molecule has 3 saturated carbocycles. The molecule has 84 valence electrons. The maximum absolute atomic E-state index is 11.8. The largest absolute Gasteiger partial charge is 0.299 e. The first-order valence-corrected chi connectivity index (χ1v) is 6.57. The van der Waals surface area contributed by atoms with Gasteiger partial charge in [0.15, 0.2) is 5.12 Å². The van der Waals surface area contributed by atoms with Crippen molar-refractivity contribution in [3.05, 3.63) is 0 Å². The van der Waals surface area contributed by atoms with E-state index in [1.54, 1.807) is 6.92 Å². The van der Waals surface area contributed by atoms with Gasteiger partial charge in [0.25, 0.3) is 0 Å². The van der Waals surface area contributed by atoms with E-state index in [1.807, 2.05) is 0 Å². The van der Waals surface area contributed by atoms with Gasteiger partial charge in [-0.15, -0.1) is 0 Å². The second kappa shape index (κ2) is 3.62. The Kier molecular flexibility index (Phi) is 2.70. The number of carbonyl (C=O) groups is 2. The van der Waals surface area contributed by atoms with Crippen LogP contribution < -0.4 is 0 Å². The molecule has 0 N–H and O–H groups in total. The van der Waals surface area contributed by atoms with E-state index >= 15 is 0 Å². The number of hydrogen-bond acceptors (Lipinski definition) is 3. The summed E-state index contributed by atoms with van der Waals surface area (Å²) in [5, 5.41) is 0.127. The molecule has 0 heterocycles. The quantitative estimate of drug-likeness (QED) is 0.725. The van der Waals surface area contributed by atoms with E-state index in [4.69, 9.17) is 0 Å². The van der Waals surface area contributed by atoms with Crippen molar-refractivity contribution in [1.82, 2.24) is 0 Å². The Bertz CT molecular complexity index is 309. The minimum atomic E-state index is 0.127. The number of thioether (sulfide) groups is 1. The topological polar surface area (TPSA) is 34.1 Å². The van der Waals surface area contributed by atoms with Gasteiger partial charge in [0.05, 0.1) is 0 Å². The first-order valence-electron chi connectivity index (χ1n) is 5.59. The van der Waals surface area contributed by atoms with Crippen molar-refractivity contribution in [2.75, 3.05) is 5.75 Å². The molecule has 0 radical (unpaired) electrons. The van der Waals surface area contributed by atoms with Crippen LogP contribution in [0.25, 0.3) is 0 Å². The van der Waals surface area contributed by atoms with E-state index in [1.165, 1.54) is 18.2 Å². The van der Waals surface area contributed by atoms with Crippen LogP contribution in [-0.2, 0) is 9.59 Å². The van der Waals surface area contributed by atoms with E-state index in [0.717, 1.165) is 6.42 Å². The van der Waals surface area contributed by atoms with Crippen LogP contribution in [0.5, 0.6) is 0 Å². The Labute approximate surface area is 95.2 Å². The minimum absolute atomic E-state index is 0.127. The van der Waals surface area contributed by atoms with Crippen molar-refractivity contribution < 1.29 is 9.59 Å². The second-order valence-corrected chi connectivity index (χ2v) is 6.64. The van der Waals surface area contributed by atoms with Crippen LogP contribution in [0.2, 0.25) is 0 Å². The average molecular weight is 226 g/mol. The van der Waals surface area contributed by atoms with Crippen LogP contribution in [0.15, 0.2) is 0 Å². The summed E-state index contributed by atoms with van der Waals surface area (Å²) in [4.78, 5) is 22.7. The van der Waals surface area contributed by atoms with Crippen LogP contribution in [0.3, 0.4) is 0 Å². The molecule has 0 spiro atoms. The van der Waals surface area contributed by atoms with Crippen molar-refractivity contribution in [1.29, 1.82) is 0 Å². The summed E-state index contributed by atoms with van der Waals surface area (Å²) in [6, 6.07) is 0. The predicted molar refractivity (Wildman–Crippen MR) is 61.6 cm³/mol. The Morgan fingerprint density at radius 3 is 2.73 bits per heavy atom. The highest BCUT2D eigenvalue weighted by Gasteiger charge is 2.57. The van der Waals surface area contributed by atoms with Gasteiger partial charge in [-0.05, 0) is 23.7 Å². The third-order valence-corrected chi connectivity index (χ3v) is 5.29. The number of carbonyl (C=O) groups excluding carboxylic acids is 2. The van der Waals surface area contributed by atoms with Gasteiger partial charge in [-0.2, -0.15) is 0 Å². The van der Waals surface area contributed by atoms with Gasteiger partial charge in [0.1, 0.15) is 5.78 Å². The summed E-state index contributed by atoms with van der Waals surface area (Å²) in [6.07, 6.45) is 1.94. The summed E-state index contributed by atoms with van der Waals surface area (Å²) < 4.78 is 0. The molecule has 3 heteroatoms. The van der Waals surface area contributed by atoms with Gasteiger partial charge in [-0.25, -0.2) is 0 Å². The summed E-state index contributed by atoms with van der Waals surface area (Å²) >= 11 is 1.31. The molecule has 0 aliphatic heterocycles. The van der Waals surface area contributed by atoms with Gasteiger partial charge < -0.3 is 0 Å². The fourth-order valence-corrected chi connectivity index (χ4v) is 3.95. The van der Waals surface area contributed by atoms with Gasteiger partial charge in [0.2, 0.25) is 0 Å². The van der Waals surface area contributed by atoms with Crippen molar-refractivity contribution in [2.24, 2.45) is 23.2 Å². The third-order valence-electron chi connectivity index (χ3n) is 4.36. The fraction of sp³-hybridized carbons (Fsp3) is 0.833.